The number of thioether (sulfide) groups is 1. The summed E-state index contributed by atoms with van der Waals surface area (Å²) in [6.45, 7) is 2.30. The summed E-state index contributed by atoms with van der Waals surface area (Å²) in [5, 5.41) is 4.50. The lowest BCUT2D eigenvalue weighted by molar-refractivity contribution is -0.120. The second-order valence-corrected chi connectivity index (χ2v) is 8.15. The third-order valence-electron chi connectivity index (χ3n) is 3.99. The third-order valence-corrected chi connectivity index (χ3v) is 5.34. The maximum absolute atomic E-state index is 12.2. The smallest absolute Gasteiger partial charge is 0.253 e. The van der Waals surface area contributed by atoms with Crippen LogP contribution in [-0.2, 0) is 11.4 Å². The molecule has 3 aromatic carbocycles. The molecule has 148 valence electrons. The Kier molecular flexibility index (Phi) is 7.73. The van der Waals surface area contributed by atoms with E-state index >= 15 is 0 Å². The lowest BCUT2D eigenvalue weighted by Gasteiger charge is -2.09. The average molecular weight is 425 g/mol. The summed E-state index contributed by atoms with van der Waals surface area (Å²) in [5.74, 6) is 0.607. The predicted octanol–water partition coefficient (Wildman–Crippen LogP) is 5.55. The summed E-state index contributed by atoms with van der Waals surface area (Å²) in [5.41, 5.74) is 4.46. The number of carbonyl (C=O) groups excluding carboxylic acids is 1. The topological polar surface area (TPSA) is 50.7 Å². The Morgan fingerprint density at radius 3 is 2.59 bits per heavy atom. The number of ether oxygens (including phenoxy) is 1. The van der Waals surface area contributed by atoms with Crippen LogP contribution in [0.25, 0.3) is 0 Å². The zero-order valence-electron chi connectivity index (χ0n) is 15.9. The number of hydrazone groups is 1. The zero-order chi connectivity index (χ0) is 20.5. The van der Waals surface area contributed by atoms with Crippen LogP contribution in [0.5, 0.6) is 5.75 Å². The second kappa shape index (κ2) is 10.7. The van der Waals surface area contributed by atoms with Crippen LogP contribution >= 0.6 is 23.4 Å². The predicted molar refractivity (Wildman–Crippen MR) is 120 cm³/mol. The maximum atomic E-state index is 12.2. The fourth-order valence-electron chi connectivity index (χ4n) is 2.46. The van der Waals surface area contributed by atoms with Crippen molar-refractivity contribution in [3.8, 4) is 5.75 Å². The quantitative estimate of drug-likeness (QED) is 0.293. The molecule has 0 bridgehead atoms. The van der Waals surface area contributed by atoms with E-state index in [1.807, 2.05) is 85.8 Å². The molecule has 0 saturated heterocycles. The van der Waals surface area contributed by atoms with Crippen LogP contribution in [0.2, 0.25) is 5.02 Å². The molecule has 1 amide bonds. The summed E-state index contributed by atoms with van der Waals surface area (Å²) in [6, 6.07) is 24.9. The van der Waals surface area contributed by atoms with Crippen molar-refractivity contribution >= 4 is 35.5 Å². The van der Waals surface area contributed by atoms with Gasteiger partial charge in [-0.2, -0.15) is 5.10 Å². The van der Waals surface area contributed by atoms with Gasteiger partial charge in [0.15, 0.2) is 0 Å². The van der Waals surface area contributed by atoms with Gasteiger partial charge < -0.3 is 4.74 Å². The van der Waals surface area contributed by atoms with Crippen molar-refractivity contribution < 1.29 is 9.53 Å². The van der Waals surface area contributed by atoms with Gasteiger partial charge in [-0.3, -0.25) is 4.79 Å². The van der Waals surface area contributed by atoms with Crippen molar-refractivity contribution in [2.24, 2.45) is 5.10 Å². The number of benzene rings is 3. The molecule has 4 nitrogen and oxygen atoms in total. The molecule has 0 spiro atoms. The Labute approximate surface area is 179 Å². The van der Waals surface area contributed by atoms with Crippen molar-refractivity contribution in [1.82, 2.24) is 5.43 Å². The first-order valence-electron chi connectivity index (χ1n) is 9.12. The minimum absolute atomic E-state index is 0.142. The lowest BCUT2D eigenvalue weighted by Crippen LogP contribution is -2.26. The molecule has 3 aromatic rings. The van der Waals surface area contributed by atoms with Gasteiger partial charge in [-0.15, -0.1) is 11.8 Å². The van der Waals surface area contributed by atoms with Crippen LogP contribution in [-0.4, -0.2) is 17.4 Å². The van der Waals surface area contributed by atoms with Gasteiger partial charge in [-0.05, 0) is 66.6 Å². The SMILES string of the molecule is C[C@H](Sc1ccccc1)C(=O)N/N=C\c1ccc(OCc2cccc(Cl)c2)cc1. The fourth-order valence-corrected chi connectivity index (χ4v) is 3.56. The maximum Gasteiger partial charge on any atom is 0.253 e. The van der Waals surface area contributed by atoms with E-state index in [-0.39, 0.29) is 11.2 Å². The van der Waals surface area contributed by atoms with Gasteiger partial charge in [0.1, 0.15) is 12.4 Å². The number of nitrogens with zero attached hydrogens (tertiary/aromatic N) is 1. The number of hydrogen-bond donors (Lipinski definition) is 1. The lowest BCUT2D eigenvalue weighted by atomic mass is 10.2. The van der Waals surface area contributed by atoms with E-state index in [0.29, 0.717) is 11.6 Å². The molecule has 3 rings (SSSR count). The van der Waals surface area contributed by atoms with Crippen molar-refractivity contribution in [2.75, 3.05) is 0 Å². The standard InChI is InChI=1S/C23H21ClN2O2S/c1-17(29-22-8-3-2-4-9-22)23(27)26-25-15-18-10-12-21(13-11-18)28-16-19-6-5-7-20(24)14-19/h2-15,17H,16H2,1H3,(H,26,27)/b25-15-/t17-/m0/s1. The zero-order valence-corrected chi connectivity index (χ0v) is 17.5. The summed E-state index contributed by atoms with van der Waals surface area (Å²) in [7, 11) is 0. The molecule has 29 heavy (non-hydrogen) atoms. The molecule has 0 saturated carbocycles. The summed E-state index contributed by atoms with van der Waals surface area (Å²) in [4.78, 5) is 13.2. The number of halogens is 1. The molecule has 0 aromatic heterocycles. The molecule has 0 heterocycles. The van der Waals surface area contributed by atoms with E-state index in [1.165, 1.54) is 11.8 Å². The monoisotopic (exact) mass is 424 g/mol. The molecule has 0 aliphatic carbocycles. The van der Waals surface area contributed by atoms with E-state index in [4.69, 9.17) is 16.3 Å². The largest absolute Gasteiger partial charge is 0.489 e. The highest BCUT2D eigenvalue weighted by Crippen LogP contribution is 2.22. The Morgan fingerprint density at radius 2 is 1.86 bits per heavy atom. The van der Waals surface area contributed by atoms with E-state index in [1.54, 1.807) is 6.21 Å². The Morgan fingerprint density at radius 1 is 1.10 bits per heavy atom. The van der Waals surface area contributed by atoms with Gasteiger partial charge in [0.05, 0.1) is 11.5 Å². The molecule has 0 radical (unpaired) electrons. The minimum atomic E-state index is -0.239. The van der Waals surface area contributed by atoms with Crippen LogP contribution in [0.15, 0.2) is 88.9 Å². The van der Waals surface area contributed by atoms with Crippen LogP contribution < -0.4 is 10.2 Å². The number of rotatable bonds is 8. The third kappa shape index (κ3) is 6.97. The summed E-state index contributed by atoms with van der Waals surface area (Å²) >= 11 is 7.47. The number of nitrogens with one attached hydrogen (secondary N) is 1. The van der Waals surface area contributed by atoms with Crippen LogP contribution in [0, 0.1) is 0 Å². The summed E-state index contributed by atoms with van der Waals surface area (Å²) < 4.78 is 5.76. The minimum Gasteiger partial charge on any atom is -0.489 e. The molecule has 0 unspecified atom stereocenters. The first-order valence-corrected chi connectivity index (χ1v) is 10.4. The van der Waals surface area contributed by atoms with E-state index in [0.717, 1.165) is 21.8 Å². The summed E-state index contributed by atoms with van der Waals surface area (Å²) in [6.07, 6.45) is 1.61. The molecule has 0 aliphatic heterocycles. The first-order chi connectivity index (χ1) is 14.1. The van der Waals surface area contributed by atoms with Gasteiger partial charge in [0.25, 0.3) is 5.91 Å². The molecule has 0 aliphatic rings. The second-order valence-electron chi connectivity index (χ2n) is 6.30. The molecular weight excluding hydrogens is 404 g/mol. The highest BCUT2D eigenvalue weighted by molar-refractivity contribution is 8.00. The van der Waals surface area contributed by atoms with E-state index in [9.17, 15) is 4.79 Å². The average Bonchev–Trinajstić information content (AvgIpc) is 2.74. The normalized spacial score (nSPS) is 11.9. The van der Waals surface area contributed by atoms with Crippen LogP contribution in [0.4, 0.5) is 0 Å². The van der Waals surface area contributed by atoms with E-state index in [2.05, 4.69) is 10.5 Å². The highest BCUT2D eigenvalue weighted by atomic mass is 35.5. The molecular formula is C23H21ClN2O2S. The van der Waals surface area contributed by atoms with Gasteiger partial charge in [0.2, 0.25) is 0 Å². The van der Waals surface area contributed by atoms with Crippen LogP contribution in [0.3, 0.4) is 0 Å². The number of hydrogen-bond acceptors (Lipinski definition) is 4. The van der Waals surface area contributed by atoms with Gasteiger partial charge in [-0.25, -0.2) is 5.43 Å². The van der Waals surface area contributed by atoms with Crippen molar-refractivity contribution in [3.63, 3.8) is 0 Å². The molecule has 0 fully saturated rings. The first kappa shape index (κ1) is 21.0. The van der Waals surface area contributed by atoms with Gasteiger partial charge in [-0.1, -0.05) is 41.9 Å². The Bertz CT molecular complexity index is 962. The highest BCUT2D eigenvalue weighted by Gasteiger charge is 2.13. The fraction of sp³-hybridized carbons (Fsp3) is 0.130. The van der Waals surface area contributed by atoms with Crippen molar-refractivity contribution in [1.29, 1.82) is 0 Å². The van der Waals surface area contributed by atoms with E-state index < -0.39 is 0 Å². The Hall–Kier alpha value is -2.76. The van der Waals surface area contributed by atoms with Gasteiger partial charge in [0, 0.05) is 9.92 Å². The molecule has 6 heteroatoms. The molecule has 1 N–H and O–H groups in total. The molecule has 1 atom stereocenters. The number of carbonyl (C=O) groups is 1. The Balaban J connectivity index is 1.46. The van der Waals surface area contributed by atoms with Crippen molar-refractivity contribution in [3.05, 3.63) is 95.0 Å². The number of amides is 1. The van der Waals surface area contributed by atoms with Crippen LogP contribution in [0.1, 0.15) is 18.1 Å². The van der Waals surface area contributed by atoms with Crippen molar-refractivity contribution in [2.45, 2.75) is 23.7 Å². The van der Waals surface area contributed by atoms with Gasteiger partial charge >= 0.3 is 0 Å².